The summed E-state index contributed by atoms with van der Waals surface area (Å²) in [5, 5.41) is 9.53. The molecule has 0 bridgehead atoms. The Balaban J connectivity index is 2.09. The maximum atomic E-state index is 12.2. The summed E-state index contributed by atoms with van der Waals surface area (Å²) in [6, 6.07) is 7.94. The second-order valence-corrected chi connectivity index (χ2v) is 5.79. The molecule has 7 nitrogen and oxygen atoms in total. The molecule has 2 rings (SSSR count). The lowest BCUT2D eigenvalue weighted by atomic mass is 10.0. The minimum Gasteiger partial charge on any atom is -0.360 e. The number of aryl methyl sites for hydroxylation is 1. The van der Waals surface area contributed by atoms with Gasteiger partial charge in [-0.3, -0.25) is 14.5 Å². The highest BCUT2D eigenvalue weighted by Crippen LogP contribution is 2.21. The number of likely N-dealkylation sites (N-methyl/N-ethyl adjacent to an activating group) is 2. The summed E-state index contributed by atoms with van der Waals surface area (Å²) in [6.45, 7) is 1.74. The van der Waals surface area contributed by atoms with E-state index in [1.807, 2.05) is 0 Å². The van der Waals surface area contributed by atoms with Crippen LogP contribution in [0.4, 0.5) is 5.82 Å². The standard InChI is InChI=1S/C16H19ClN4O3/c1-10-8-13(20-24-10)19-14(22)9-21(3)15(16(23)18-2)11-4-6-12(17)7-5-11/h4-8,15H,9H2,1-3H3,(H,18,23)(H,19,20,22)/t15-/m1/s1. The first-order valence-electron chi connectivity index (χ1n) is 7.31. The van der Waals surface area contributed by atoms with Gasteiger partial charge in [0.05, 0.1) is 6.54 Å². The van der Waals surface area contributed by atoms with Crippen LogP contribution in [0.15, 0.2) is 34.9 Å². The van der Waals surface area contributed by atoms with Crippen molar-refractivity contribution in [3.8, 4) is 0 Å². The molecule has 24 heavy (non-hydrogen) atoms. The van der Waals surface area contributed by atoms with Crippen molar-refractivity contribution in [2.24, 2.45) is 0 Å². The molecule has 1 aromatic carbocycles. The van der Waals surface area contributed by atoms with Gasteiger partial charge in [0.1, 0.15) is 11.8 Å². The number of halogens is 1. The van der Waals surface area contributed by atoms with Crippen LogP contribution in [0.5, 0.6) is 0 Å². The Morgan fingerprint density at radius 1 is 1.33 bits per heavy atom. The van der Waals surface area contributed by atoms with Crippen LogP contribution >= 0.6 is 11.6 Å². The van der Waals surface area contributed by atoms with E-state index in [9.17, 15) is 9.59 Å². The third-order valence-electron chi connectivity index (χ3n) is 3.41. The van der Waals surface area contributed by atoms with Crippen LogP contribution in [-0.4, -0.2) is 42.5 Å². The SMILES string of the molecule is CNC(=O)[C@@H](c1ccc(Cl)cc1)N(C)CC(=O)Nc1cc(C)on1. The van der Waals surface area contributed by atoms with E-state index in [0.29, 0.717) is 16.6 Å². The molecule has 0 saturated carbocycles. The molecule has 0 aliphatic heterocycles. The molecule has 1 aromatic heterocycles. The van der Waals surface area contributed by atoms with Crippen LogP contribution in [0.1, 0.15) is 17.4 Å². The zero-order chi connectivity index (χ0) is 17.7. The molecule has 1 atom stereocenters. The highest BCUT2D eigenvalue weighted by Gasteiger charge is 2.26. The number of nitrogens with zero attached hydrogens (tertiary/aromatic N) is 2. The van der Waals surface area contributed by atoms with Gasteiger partial charge in [-0.05, 0) is 31.7 Å². The van der Waals surface area contributed by atoms with Crippen LogP contribution in [0, 0.1) is 6.92 Å². The number of anilines is 1. The third kappa shape index (κ3) is 4.56. The minimum atomic E-state index is -0.614. The summed E-state index contributed by atoms with van der Waals surface area (Å²) in [5.74, 6) is 0.426. The van der Waals surface area contributed by atoms with Crippen molar-refractivity contribution in [2.75, 3.05) is 26.0 Å². The summed E-state index contributed by atoms with van der Waals surface area (Å²) < 4.78 is 4.90. The molecule has 0 saturated heterocycles. The van der Waals surface area contributed by atoms with Crippen LogP contribution in [-0.2, 0) is 9.59 Å². The molecule has 0 aliphatic carbocycles. The number of hydrogen-bond acceptors (Lipinski definition) is 5. The number of carbonyl (C=O) groups excluding carboxylic acids is 2. The number of amides is 2. The smallest absolute Gasteiger partial charge is 0.241 e. The Morgan fingerprint density at radius 2 is 2.00 bits per heavy atom. The predicted molar refractivity (Wildman–Crippen MR) is 90.8 cm³/mol. The lowest BCUT2D eigenvalue weighted by Crippen LogP contribution is -2.40. The van der Waals surface area contributed by atoms with Crippen molar-refractivity contribution >= 4 is 29.2 Å². The normalized spacial score (nSPS) is 12.0. The average Bonchev–Trinajstić information content (AvgIpc) is 2.94. The van der Waals surface area contributed by atoms with E-state index in [1.54, 1.807) is 56.3 Å². The van der Waals surface area contributed by atoms with Crippen LogP contribution in [0.2, 0.25) is 5.02 Å². The zero-order valence-corrected chi connectivity index (χ0v) is 14.4. The molecule has 2 N–H and O–H groups in total. The van der Waals surface area contributed by atoms with Crippen molar-refractivity contribution in [1.29, 1.82) is 0 Å². The van der Waals surface area contributed by atoms with E-state index in [4.69, 9.17) is 16.1 Å². The van der Waals surface area contributed by atoms with Crippen LogP contribution in [0.25, 0.3) is 0 Å². The van der Waals surface area contributed by atoms with E-state index >= 15 is 0 Å². The molecule has 0 radical (unpaired) electrons. The fourth-order valence-electron chi connectivity index (χ4n) is 2.31. The van der Waals surface area contributed by atoms with Crippen LogP contribution < -0.4 is 10.6 Å². The van der Waals surface area contributed by atoms with Crippen molar-refractivity contribution < 1.29 is 14.1 Å². The predicted octanol–water partition coefficient (Wildman–Crippen LogP) is 1.99. The van der Waals surface area contributed by atoms with Gasteiger partial charge >= 0.3 is 0 Å². The zero-order valence-electron chi connectivity index (χ0n) is 13.7. The number of benzene rings is 1. The molecule has 0 aliphatic rings. The summed E-state index contributed by atoms with van der Waals surface area (Å²) in [7, 11) is 3.25. The Morgan fingerprint density at radius 3 is 2.54 bits per heavy atom. The highest BCUT2D eigenvalue weighted by molar-refractivity contribution is 6.30. The fraction of sp³-hybridized carbons (Fsp3) is 0.312. The maximum absolute atomic E-state index is 12.2. The minimum absolute atomic E-state index is 0.00657. The highest BCUT2D eigenvalue weighted by atomic mass is 35.5. The van der Waals surface area contributed by atoms with Crippen LogP contribution in [0.3, 0.4) is 0 Å². The van der Waals surface area contributed by atoms with Gasteiger partial charge in [0, 0.05) is 18.1 Å². The number of carbonyl (C=O) groups is 2. The van der Waals surface area contributed by atoms with Gasteiger partial charge in [-0.2, -0.15) is 0 Å². The largest absolute Gasteiger partial charge is 0.360 e. The monoisotopic (exact) mass is 350 g/mol. The second kappa shape index (κ2) is 7.94. The van der Waals surface area contributed by atoms with E-state index in [-0.39, 0.29) is 18.4 Å². The fourth-order valence-corrected chi connectivity index (χ4v) is 2.44. The van der Waals surface area contributed by atoms with E-state index < -0.39 is 6.04 Å². The number of aromatic nitrogens is 1. The maximum Gasteiger partial charge on any atom is 0.241 e. The van der Waals surface area contributed by atoms with Gasteiger partial charge in [-0.25, -0.2) is 0 Å². The van der Waals surface area contributed by atoms with Crippen molar-refractivity contribution in [1.82, 2.24) is 15.4 Å². The third-order valence-corrected chi connectivity index (χ3v) is 3.66. The van der Waals surface area contributed by atoms with Gasteiger partial charge < -0.3 is 15.2 Å². The van der Waals surface area contributed by atoms with Crippen molar-refractivity contribution in [3.05, 3.63) is 46.7 Å². The molecule has 0 fully saturated rings. The van der Waals surface area contributed by atoms with E-state index in [2.05, 4.69) is 15.8 Å². The summed E-state index contributed by atoms with van der Waals surface area (Å²) in [6.07, 6.45) is 0. The number of rotatable bonds is 6. The second-order valence-electron chi connectivity index (χ2n) is 5.35. The lowest BCUT2D eigenvalue weighted by Gasteiger charge is -2.26. The van der Waals surface area contributed by atoms with Crippen molar-refractivity contribution in [3.63, 3.8) is 0 Å². The molecular weight excluding hydrogens is 332 g/mol. The summed E-state index contributed by atoms with van der Waals surface area (Å²) >= 11 is 5.89. The van der Waals surface area contributed by atoms with Gasteiger partial charge in [0.25, 0.3) is 0 Å². The Labute approximate surface area is 144 Å². The Bertz CT molecular complexity index is 714. The molecule has 0 unspecified atom stereocenters. The first-order valence-corrected chi connectivity index (χ1v) is 7.69. The number of hydrogen-bond donors (Lipinski definition) is 2. The molecular formula is C16H19ClN4O3. The molecule has 8 heteroatoms. The van der Waals surface area contributed by atoms with Crippen molar-refractivity contribution in [2.45, 2.75) is 13.0 Å². The van der Waals surface area contributed by atoms with Gasteiger partial charge in [-0.15, -0.1) is 0 Å². The summed E-state index contributed by atoms with van der Waals surface area (Å²) in [4.78, 5) is 26.0. The summed E-state index contributed by atoms with van der Waals surface area (Å²) in [5.41, 5.74) is 0.742. The Hall–Kier alpha value is -2.38. The molecule has 1 heterocycles. The number of nitrogens with one attached hydrogen (secondary N) is 2. The first kappa shape index (κ1) is 18.0. The van der Waals surface area contributed by atoms with Gasteiger partial charge in [0.2, 0.25) is 11.8 Å². The topological polar surface area (TPSA) is 87.5 Å². The average molecular weight is 351 g/mol. The van der Waals surface area contributed by atoms with E-state index in [0.717, 1.165) is 5.56 Å². The van der Waals surface area contributed by atoms with Gasteiger partial charge in [-0.1, -0.05) is 28.9 Å². The van der Waals surface area contributed by atoms with Gasteiger partial charge in [0.15, 0.2) is 5.82 Å². The quantitative estimate of drug-likeness (QED) is 0.832. The molecule has 128 valence electrons. The van der Waals surface area contributed by atoms with E-state index in [1.165, 1.54) is 0 Å². The first-order chi connectivity index (χ1) is 11.4. The lowest BCUT2D eigenvalue weighted by molar-refractivity contribution is -0.126. The molecule has 2 aromatic rings. The Kier molecular flexibility index (Phi) is 5.94. The molecule has 2 amide bonds. The molecule has 0 spiro atoms.